The highest BCUT2D eigenvalue weighted by Gasteiger charge is 2.33. The largest absolute Gasteiger partial charge is 0.390 e. The van der Waals surface area contributed by atoms with E-state index in [9.17, 15) is 4.79 Å². The first-order valence-corrected chi connectivity index (χ1v) is 7.86. The summed E-state index contributed by atoms with van der Waals surface area (Å²) in [6, 6.07) is 1.76. The molecule has 0 aromatic carbocycles. The van der Waals surface area contributed by atoms with Crippen molar-refractivity contribution in [2.75, 3.05) is 44.7 Å². The predicted molar refractivity (Wildman–Crippen MR) is 82.4 cm³/mol. The van der Waals surface area contributed by atoms with Crippen molar-refractivity contribution in [2.45, 2.75) is 25.5 Å². The van der Waals surface area contributed by atoms with E-state index in [4.69, 9.17) is 5.11 Å². The molecule has 1 atom stereocenters. The molecule has 1 unspecified atom stereocenters. The van der Waals surface area contributed by atoms with Crippen molar-refractivity contribution < 1.29 is 9.90 Å². The molecule has 7 nitrogen and oxygen atoms in total. The Bertz CT molecular complexity index is 530. The Morgan fingerprint density at radius 2 is 2.09 bits per heavy atom. The van der Waals surface area contributed by atoms with E-state index in [0.717, 1.165) is 32.5 Å². The van der Waals surface area contributed by atoms with E-state index in [2.05, 4.69) is 19.8 Å². The summed E-state index contributed by atoms with van der Waals surface area (Å²) in [4.78, 5) is 27.3. The number of piperazine rings is 1. The van der Waals surface area contributed by atoms with E-state index in [0.29, 0.717) is 24.7 Å². The number of carbonyl (C=O) groups is 1. The molecular weight excluding hydrogens is 282 g/mol. The molecule has 22 heavy (non-hydrogen) atoms. The van der Waals surface area contributed by atoms with Crippen molar-refractivity contribution in [3.05, 3.63) is 18.0 Å². The van der Waals surface area contributed by atoms with E-state index < -0.39 is 0 Å². The molecular formula is C15H23N5O2. The minimum absolute atomic E-state index is 0.0560. The van der Waals surface area contributed by atoms with Gasteiger partial charge in [0, 0.05) is 32.4 Å². The van der Waals surface area contributed by atoms with E-state index in [-0.39, 0.29) is 18.6 Å². The molecule has 0 bridgehead atoms. The van der Waals surface area contributed by atoms with E-state index in [1.54, 1.807) is 12.3 Å². The third-order valence-corrected chi connectivity index (χ3v) is 4.54. The molecule has 1 amide bonds. The molecule has 1 aromatic heterocycles. The smallest absolute Gasteiger partial charge is 0.240 e. The van der Waals surface area contributed by atoms with E-state index >= 15 is 0 Å². The van der Waals surface area contributed by atoms with Crippen molar-refractivity contribution in [1.82, 2.24) is 19.8 Å². The number of hydrogen-bond donors (Lipinski definition) is 1. The lowest BCUT2D eigenvalue weighted by Gasteiger charge is -2.36. The van der Waals surface area contributed by atoms with E-state index in [1.807, 2.05) is 11.9 Å². The van der Waals surface area contributed by atoms with Crippen molar-refractivity contribution in [3.63, 3.8) is 0 Å². The molecule has 7 heteroatoms. The van der Waals surface area contributed by atoms with Crippen molar-refractivity contribution >= 4 is 11.9 Å². The molecule has 2 fully saturated rings. The van der Waals surface area contributed by atoms with Crippen LogP contribution in [0, 0.1) is 0 Å². The van der Waals surface area contributed by atoms with Crippen molar-refractivity contribution in [3.8, 4) is 0 Å². The summed E-state index contributed by atoms with van der Waals surface area (Å²) in [6.45, 7) is 3.81. The quantitative estimate of drug-likeness (QED) is 0.827. The van der Waals surface area contributed by atoms with Gasteiger partial charge in [0.15, 0.2) is 0 Å². The molecule has 1 N–H and O–H groups in total. The first-order valence-electron chi connectivity index (χ1n) is 7.86. The summed E-state index contributed by atoms with van der Waals surface area (Å²) < 4.78 is 0. The number of amides is 1. The Morgan fingerprint density at radius 1 is 1.32 bits per heavy atom. The number of hydrogen-bond acceptors (Lipinski definition) is 6. The second-order valence-electron chi connectivity index (χ2n) is 5.96. The molecule has 0 aliphatic carbocycles. The number of aromatic nitrogens is 2. The molecule has 120 valence electrons. The lowest BCUT2D eigenvalue weighted by Crippen LogP contribution is -2.53. The summed E-state index contributed by atoms with van der Waals surface area (Å²) in [6.07, 6.45) is 3.74. The highest BCUT2D eigenvalue weighted by atomic mass is 16.3. The number of rotatable bonds is 3. The monoisotopic (exact) mass is 305 g/mol. The van der Waals surface area contributed by atoms with Gasteiger partial charge >= 0.3 is 0 Å². The minimum Gasteiger partial charge on any atom is -0.390 e. The van der Waals surface area contributed by atoms with Crippen molar-refractivity contribution in [1.29, 1.82) is 0 Å². The van der Waals surface area contributed by atoms with Crippen LogP contribution in [-0.4, -0.2) is 76.6 Å². The zero-order valence-corrected chi connectivity index (χ0v) is 13.0. The zero-order valence-electron chi connectivity index (χ0n) is 13.0. The number of aliphatic hydroxyl groups is 1. The van der Waals surface area contributed by atoms with Crippen LogP contribution in [0.25, 0.3) is 0 Å². The van der Waals surface area contributed by atoms with Gasteiger partial charge in [-0.15, -0.1) is 0 Å². The maximum Gasteiger partial charge on any atom is 0.240 e. The van der Waals surface area contributed by atoms with Crippen LogP contribution in [0.1, 0.15) is 18.5 Å². The molecule has 3 heterocycles. The van der Waals surface area contributed by atoms with Crippen LogP contribution in [0.2, 0.25) is 0 Å². The molecule has 1 aromatic rings. The lowest BCUT2D eigenvalue weighted by molar-refractivity contribution is -0.135. The maximum atomic E-state index is 12.6. The number of nitrogens with zero attached hydrogens (tertiary/aromatic N) is 5. The standard InChI is InChI=1S/C15H23N5O2/c1-18-6-2-3-13(18)14(22)19-7-9-20(10-8-19)15-16-5-4-12(11-21)17-15/h4-5,13,21H,2-3,6-11H2,1H3. The van der Waals surface area contributed by atoms with Gasteiger partial charge in [-0.2, -0.15) is 0 Å². The molecule has 0 spiro atoms. The van der Waals surface area contributed by atoms with Crippen LogP contribution in [0.15, 0.2) is 12.3 Å². The summed E-state index contributed by atoms with van der Waals surface area (Å²) in [5, 5.41) is 9.16. The van der Waals surface area contributed by atoms with Gasteiger partial charge < -0.3 is 14.9 Å². The van der Waals surface area contributed by atoms with Gasteiger partial charge in [0.1, 0.15) is 0 Å². The first-order chi connectivity index (χ1) is 10.7. The number of likely N-dealkylation sites (N-methyl/N-ethyl adjacent to an activating group) is 1. The normalized spacial score (nSPS) is 23.1. The lowest BCUT2D eigenvalue weighted by atomic mass is 10.2. The van der Waals surface area contributed by atoms with Crippen LogP contribution in [0.5, 0.6) is 0 Å². The number of aliphatic hydroxyl groups excluding tert-OH is 1. The first kappa shape index (κ1) is 15.2. The topological polar surface area (TPSA) is 72.8 Å². The summed E-state index contributed by atoms with van der Waals surface area (Å²) in [7, 11) is 2.03. The highest BCUT2D eigenvalue weighted by Crippen LogP contribution is 2.19. The minimum atomic E-state index is -0.0814. The SMILES string of the molecule is CN1CCCC1C(=O)N1CCN(c2nccc(CO)n2)CC1. The van der Waals surface area contributed by atoms with Gasteiger partial charge in [-0.05, 0) is 32.5 Å². The van der Waals surface area contributed by atoms with Crippen LogP contribution >= 0.6 is 0 Å². The van der Waals surface area contributed by atoms with Crippen LogP contribution in [-0.2, 0) is 11.4 Å². The second-order valence-corrected chi connectivity index (χ2v) is 5.96. The Labute approximate surface area is 130 Å². The molecule has 2 aliphatic heterocycles. The number of likely N-dealkylation sites (tertiary alicyclic amines) is 1. The van der Waals surface area contributed by atoms with Crippen LogP contribution in [0.3, 0.4) is 0 Å². The summed E-state index contributed by atoms with van der Waals surface area (Å²) in [5.74, 6) is 0.890. The Balaban J connectivity index is 1.59. The fraction of sp³-hybridized carbons (Fsp3) is 0.667. The third-order valence-electron chi connectivity index (χ3n) is 4.54. The molecule has 3 rings (SSSR count). The molecule has 2 saturated heterocycles. The van der Waals surface area contributed by atoms with Crippen LogP contribution in [0.4, 0.5) is 5.95 Å². The fourth-order valence-corrected chi connectivity index (χ4v) is 3.18. The van der Waals surface area contributed by atoms with Crippen LogP contribution < -0.4 is 4.90 Å². The number of carbonyl (C=O) groups excluding carboxylic acids is 1. The highest BCUT2D eigenvalue weighted by molar-refractivity contribution is 5.82. The molecule has 0 saturated carbocycles. The van der Waals surface area contributed by atoms with Crippen molar-refractivity contribution in [2.24, 2.45) is 0 Å². The Kier molecular flexibility index (Phi) is 4.54. The van der Waals surface area contributed by atoms with Gasteiger partial charge in [-0.25, -0.2) is 9.97 Å². The molecule has 2 aliphatic rings. The Morgan fingerprint density at radius 3 is 2.73 bits per heavy atom. The molecule has 0 radical (unpaired) electrons. The van der Waals surface area contributed by atoms with Gasteiger partial charge in [0.25, 0.3) is 0 Å². The predicted octanol–water partition coefficient (Wildman–Crippen LogP) is -0.288. The van der Waals surface area contributed by atoms with Gasteiger partial charge in [0.2, 0.25) is 11.9 Å². The third kappa shape index (κ3) is 3.05. The maximum absolute atomic E-state index is 12.6. The van der Waals surface area contributed by atoms with Gasteiger partial charge in [0.05, 0.1) is 18.3 Å². The van der Waals surface area contributed by atoms with E-state index in [1.165, 1.54) is 0 Å². The average molecular weight is 305 g/mol. The second kappa shape index (κ2) is 6.58. The fourth-order valence-electron chi connectivity index (χ4n) is 3.18. The average Bonchev–Trinajstić information content (AvgIpc) is 3.00. The zero-order chi connectivity index (χ0) is 15.5. The summed E-state index contributed by atoms with van der Waals surface area (Å²) >= 11 is 0. The van der Waals surface area contributed by atoms with Gasteiger partial charge in [-0.3, -0.25) is 9.69 Å². The Hall–Kier alpha value is -1.73. The summed E-state index contributed by atoms with van der Waals surface area (Å²) in [5.41, 5.74) is 0.621. The number of anilines is 1. The van der Waals surface area contributed by atoms with Gasteiger partial charge in [-0.1, -0.05) is 0 Å².